The summed E-state index contributed by atoms with van der Waals surface area (Å²) in [5.74, 6) is 1.96. The van der Waals surface area contributed by atoms with Crippen LogP contribution < -0.4 is 10.2 Å². The highest BCUT2D eigenvalue weighted by molar-refractivity contribution is 6.07. The van der Waals surface area contributed by atoms with Gasteiger partial charge >= 0.3 is 0 Å². The van der Waals surface area contributed by atoms with Gasteiger partial charge in [0, 0.05) is 32.4 Å². The molecule has 1 fully saturated rings. The maximum atomic E-state index is 13.2. The van der Waals surface area contributed by atoms with E-state index >= 15 is 0 Å². The number of nitrogens with zero attached hydrogens (tertiary/aromatic N) is 5. The number of benzene rings is 1. The normalized spacial score (nSPS) is 14.4. The molecule has 0 radical (unpaired) electrons. The molecule has 4 heterocycles. The van der Waals surface area contributed by atoms with Crippen LogP contribution in [0.3, 0.4) is 0 Å². The van der Waals surface area contributed by atoms with Gasteiger partial charge in [0.1, 0.15) is 17.3 Å². The van der Waals surface area contributed by atoms with Crippen LogP contribution in [-0.2, 0) is 0 Å². The van der Waals surface area contributed by atoms with Crippen molar-refractivity contribution in [2.24, 2.45) is 0 Å². The second-order valence-electron chi connectivity index (χ2n) is 8.23. The van der Waals surface area contributed by atoms with Crippen molar-refractivity contribution in [3.05, 3.63) is 78.3 Å². The van der Waals surface area contributed by atoms with Crippen LogP contribution in [0.1, 0.15) is 16.1 Å². The highest BCUT2D eigenvalue weighted by atomic mass is 16.3. The number of nitrogens with one attached hydrogen (secondary N) is 1. The molecule has 1 aromatic carbocycles. The molecule has 1 amide bonds. The summed E-state index contributed by atoms with van der Waals surface area (Å²) in [6.07, 6.45) is 3.42. The number of para-hydroxylation sites is 1. The lowest BCUT2D eigenvalue weighted by Gasteiger charge is -2.33. The summed E-state index contributed by atoms with van der Waals surface area (Å²) in [5.41, 5.74) is 2.41. The van der Waals surface area contributed by atoms with Crippen LogP contribution in [0.4, 0.5) is 11.5 Å². The van der Waals surface area contributed by atoms with Crippen molar-refractivity contribution < 1.29 is 9.21 Å². The summed E-state index contributed by atoms with van der Waals surface area (Å²) in [6.45, 7) is 5.78. The molecule has 0 bridgehead atoms. The van der Waals surface area contributed by atoms with E-state index in [0.717, 1.165) is 43.4 Å². The van der Waals surface area contributed by atoms with Gasteiger partial charge < -0.3 is 19.5 Å². The fourth-order valence-corrected chi connectivity index (χ4v) is 3.88. The number of anilines is 2. The molecule has 4 aromatic rings. The third kappa shape index (κ3) is 4.51. The second kappa shape index (κ2) is 8.91. The maximum Gasteiger partial charge on any atom is 0.259 e. The summed E-state index contributed by atoms with van der Waals surface area (Å²) >= 11 is 0. The van der Waals surface area contributed by atoms with Crippen LogP contribution in [0.25, 0.3) is 17.1 Å². The smallest absolute Gasteiger partial charge is 0.259 e. The van der Waals surface area contributed by atoms with E-state index in [0.29, 0.717) is 22.7 Å². The molecular formula is C25H26N6O2. The van der Waals surface area contributed by atoms with E-state index in [1.54, 1.807) is 17.1 Å². The monoisotopic (exact) mass is 442 g/mol. The van der Waals surface area contributed by atoms with E-state index < -0.39 is 0 Å². The largest absolute Gasteiger partial charge is 0.460 e. The van der Waals surface area contributed by atoms with Gasteiger partial charge in [0.2, 0.25) is 0 Å². The molecule has 33 heavy (non-hydrogen) atoms. The van der Waals surface area contributed by atoms with E-state index in [1.165, 1.54) is 0 Å². The second-order valence-corrected chi connectivity index (χ2v) is 8.23. The standard InChI is InChI=1S/C25H26N6O2/c1-18-8-10-22(33-18)24-21(17-31(28-24)20-6-4-3-5-7-20)25(32)27-19-9-11-23(26-16-19)30-14-12-29(2)13-15-30/h3-11,16-17H,12-15H2,1-2H3,(H,27,32). The molecule has 0 saturated carbocycles. The van der Waals surface area contributed by atoms with Gasteiger partial charge in [-0.15, -0.1) is 0 Å². The first kappa shape index (κ1) is 21.0. The number of likely N-dealkylation sites (N-methyl/N-ethyl adjacent to an activating group) is 1. The van der Waals surface area contributed by atoms with Gasteiger partial charge in [-0.2, -0.15) is 5.10 Å². The number of hydrogen-bond acceptors (Lipinski definition) is 6. The summed E-state index contributed by atoms with van der Waals surface area (Å²) in [5, 5.41) is 7.60. The number of aromatic nitrogens is 3. The Hall–Kier alpha value is -3.91. The Morgan fingerprint density at radius 3 is 2.45 bits per heavy atom. The molecule has 3 aromatic heterocycles. The van der Waals surface area contributed by atoms with E-state index in [4.69, 9.17) is 4.42 Å². The molecule has 0 unspecified atom stereocenters. The minimum absolute atomic E-state index is 0.268. The minimum Gasteiger partial charge on any atom is -0.460 e. The van der Waals surface area contributed by atoms with Gasteiger partial charge in [-0.1, -0.05) is 18.2 Å². The zero-order valence-corrected chi connectivity index (χ0v) is 18.7. The number of rotatable bonds is 5. The molecule has 8 heteroatoms. The third-order valence-electron chi connectivity index (χ3n) is 5.79. The van der Waals surface area contributed by atoms with Crippen LogP contribution in [0, 0.1) is 6.92 Å². The van der Waals surface area contributed by atoms with Crippen LogP contribution >= 0.6 is 0 Å². The first-order valence-electron chi connectivity index (χ1n) is 11.0. The van der Waals surface area contributed by atoms with Gasteiger partial charge in [-0.05, 0) is 50.4 Å². The van der Waals surface area contributed by atoms with Gasteiger partial charge in [0.25, 0.3) is 5.91 Å². The summed E-state index contributed by atoms with van der Waals surface area (Å²) in [4.78, 5) is 22.4. The average molecular weight is 443 g/mol. The van der Waals surface area contributed by atoms with Crippen molar-refractivity contribution in [3.63, 3.8) is 0 Å². The fourth-order valence-electron chi connectivity index (χ4n) is 3.88. The van der Waals surface area contributed by atoms with Crippen LogP contribution in [0.5, 0.6) is 0 Å². The zero-order chi connectivity index (χ0) is 22.8. The minimum atomic E-state index is -0.268. The number of piperazine rings is 1. The Morgan fingerprint density at radius 2 is 1.79 bits per heavy atom. The Labute approximate surface area is 192 Å². The van der Waals surface area contributed by atoms with E-state index in [2.05, 4.69) is 32.2 Å². The molecule has 0 spiro atoms. The number of carbonyl (C=O) groups is 1. The van der Waals surface area contributed by atoms with Crippen molar-refractivity contribution in [3.8, 4) is 17.1 Å². The summed E-state index contributed by atoms with van der Waals surface area (Å²) in [6, 6.07) is 17.2. The Morgan fingerprint density at radius 1 is 1.00 bits per heavy atom. The lowest BCUT2D eigenvalue weighted by Crippen LogP contribution is -2.44. The molecule has 0 aliphatic carbocycles. The maximum absolute atomic E-state index is 13.2. The number of aryl methyl sites for hydroxylation is 1. The van der Waals surface area contributed by atoms with Gasteiger partial charge in [-0.3, -0.25) is 4.79 Å². The number of carbonyl (C=O) groups excluding carboxylic acids is 1. The van der Waals surface area contributed by atoms with Crippen LogP contribution in [-0.4, -0.2) is 58.8 Å². The van der Waals surface area contributed by atoms with Crippen molar-refractivity contribution in [1.82, 2.24) is 19.7 Å². The lowest BCUT2D eigenvalue weighted by atomic mass is 10.2. The summed E-state index contributed by atoms with van der Waals surface area (Å²) in [7, 11) is 2.13. The third-order valence-corrected chi connectivity index (χ3v) is 5.79. The number of pyridine rings is 1. The Kier molecular flexibility index (Phi) is 5.66. The predicted octanol–water partition coefficient (Wildman–Crippen LogP) is 3.84. The molecule has 1 aliphatic heterocycles. The molecule has 5 rings (SSSR count). The van der Waals surface area contributed by atoms with E-state index in [-0.39, 0.29) is 5.91 Å². The topological polar surface area (TPSA) is 79.4 Å². The molecule has 8 nitrogen and oxygen atoms in total. The first-order chi connectivity index (χ1) is 16.1. The quantitative estimate of drug-likeness (QED) is 0.506. The van der Waals surface area contributed by atoms with Gasteiger partial charge in [0.05, 0.1) is 23.1 Å². The molecule has 0 atom stereocenters. The Bertz CT molecular complexity index is 1240. The molecule has 1 saturated heterocycles. The van der Waals surface area contributed by atoms with Crippen molar-refractivity contribution >= 4 is 17.4 Å². The number of furan rings is 1. The lowest BCUT2D eigenvalue weighted by molar-refractivity contribution is 0.102. The van der Waals surface area contributed by atoms with Crippen LogP contribution in [0.15, 0.2) is 71.4 Å². The molecule has 168 valence electrons. The molecule has 1 N–H and O–H groups in total. The average Bonchev–Trinajstić information content (AvgIpc) is 3.47. The van der Waals surface area contributed by atoms with Crippen molar-refractivity contribution in [2.75, 3.05) is 43.4 Å². The highest BCUT2D eigenvalue weighted by Crippen LogP contribution is 2.27. The predicted molar refractivity (Wildman–Crippen MR) is 128 cm³/mol. The summed E-state index contributed by atoms with van der Waals surface area (Å²) < 4.78 is 7.46. The first-order valence-corrected chi connectivity index (χ1v) is 11.0. The van der Waals surface area contributed by atoms with Crippen molar-refractivity contribution in [2.45, 2.75) is 6.92 Å². The van der Waals surface area contributed by atoms with Crippen molar-refractivity contribution in [1.29, 1.82) is 0 Å². The van der Waals surface area contributed by atoms with Gasteiger partial charge in [-0.25, -0.2) is 9.67 Å². The Balaban J connectivity index is 1.39. The SMILES string of the molecule is Cc1ccc(-c2nn(-c3ccccc3)cc2C(=O)Nc2ccc(N3CCN(C)CC3)nc2)o1. The van der Waals surface area contributed by atoms with E-state index in [1.807, 2.05) is 61.5 Å². The van der Waals surface area contributed by atoms with Crippen LogP contribution in [0.2, 0.25) is 0 Å². The van der Waals surface area contributed by atoms with E-state index in [9.17, 15) is 4.79 Å². The zero-order valence-electron chi connectivity index (χ0n) is 18.7. The highest BCUT2D eigenvalue weighted by Gasteiger charge is 2.21. The molecule has 1 aliphatic rings. The molecular weight excluding hydrogens is 416 g/mol. The number of amides is 1. The fraction of sp³-hybridized carbons (Fsp3) is 0.240. The van der Waals surface area contributed by atoms with Gasteiger partial charge in [0.15, 0.2) is 5.76 Å². The number of hydrogen-bond donors (Lipinski definition) is 1.